The third-order valence-electron chi connectivity index (χ3n) is 2.78. The van der Waals surface area contributed by atoms with Crippen LogP contribution in [0.15, 0.2) is 18.2 Å². The highest BCUT2D eigenvalue weighted by Gasteiger charge is 2.20. The van der Waals surface area contributed by atoms with E-state index in [1.807, 2.05) is 0 Å². The second-order valence-corrected chi connectivity index (χ2v) is 4.85. The van der Waals surface area contributed by atoms with Crippen molar-refractivity contribution in [2.24, 2.45) is 0 Å². The van der Waals surface area contributed by atoms with Gasteiger partial charge in [0.25, 0.3) is 0 Å². The largest absolute Gasteiger partial charge is 0.465 e. The van der Waals surface area contributed by atoms with Crippen LogP contribution in [0.5, 0.6) is 0 Å². The number of carbonyl (C=O) groups excluding carboxylic acids is 1. The fourth-order valence-corrected chi connectivity index (χ4v) is 2.11. The first kappa shape index (κ1) is 15.1. The number of halogens is 1. The quantitative estimate of drug-likeness (QED) is 0.643. The number of hydrogen-bond donors (Lipinski definition) is 2. The van der Waals surface area contributed by atoms with E-state index in [4.69, 9.17) is 0 Å². The van der Waals surface area contributed by atoms with Crippen molar-refractivity contribution in [2.75, 3.05) is 12.4 Å². The summed E-state index contributed by atoms with van der Waals surface area (Å²) in [4.78, 5) is 11.5. The molecule has 0 amide bonds. The Labute approximate surface area is 115 Å². The highest BCUT2D eigenvalue weighted by atomic mass is 79.9. The minimum absolute atomic E-state index is 0.403. The Morgan fingerprint density at radius 2 is 2.11 bits per heavy atom. The number of carbonyl (C=O) groups is 1. The normalized spacial score (nSPS) is 14.1. The van der Waals surface area contributed by atoms with Crippen molar-refractivity contribution in [1.82, 2.24) is 0 Å². The molecule has 0 bridgehead atoms. The van der Waals surface area contributed by atoms with Crippen molar-refractivity contribution in [1.29, 1.82) is 0 Å². The first-order valence-electron chi connectivity index (χ1n) is 5.62. The molecule has 0 saturated carbocycles. The molecule has 1 aromatic carbocycles. The van der Waals surface area contributed by atoms with E-state index < -0.39 is 18.2 Å². The van der Waals surface area contributed by atoms with Crippen LogP contribution in [-0.4, -0.2) is 34.7 Å². The molecule has 0 heterocycles. The Bertz CT molecular complexity index is 419. The number of aliphatic hydroxyl groups is 2. The standard InChI is InChI=1S/C13H17BrO4/c1-8-3-4-9(7-10(8)13(17)18-2)12(16)11(15)5-6-14/h3-4,7,11-12,15-16H,5-6H2,1-2H3. The third-order valence-corrected chi connectivity index (χ3v) is 3.24. The fourth-order valence-electron chi connectivity index (χ4n) is 1.65. The summed E-state index contributed by atoms with van der Waals surface area (Å²) < 4.78 is 4.67. The molecule has 2 unspecified atom stereocenters. The molecule has 0 aliphatic heterocycles. The number of esters is 1. The highest BCUT2D eigenvalue weighted by Crippen LogP contribution is 2.22. The van der Waals surface area contributed by atoms with E-state index in [-0.39, 0.29) is 0 Å². The Hall–Kier alpha value is -0.910. The maximum atomic E-state index is 11.5. The van der Waals surface area contributed by atoms with Crippen LogP contribution < -0.4 is 0 Å². The van der Waals surface area contributed by atoms with Crippen LogP contribution in [0.2, 0.25) is 0 Å². The molecule has 0 radical (unpaired) electrons. The zero-order valence-electron chi connectivity index (χ0n) is 10.4. The molecule has 0 spiro atoms. The summed E-state index contributed by atoms with van der Waals surface area (Å²) in [5.41, 5.74) is 1.68. The monoisotopic (exact) mass is 316 g/mol. The second-order valence-electron chi connectivity index (χ2n) is 4.06. The van der Waals surface area contributed by atoms with Gasteiger partial charge in [0.15, 0.2) is 0 Å². The molecular formula is C13H17BrO4. The van der Waals surface area contributed by atoms with Crippen LogP contribution in [-0.2, 0) is 4.74 Å². The molecule has 0 aliphatic rings. The number of ether oxygens (including phenoxy) is 1. The summed E-state index contributed by atoms with van der Waals surface area (Å²) in [5.74, 6) is -0.448. The molecule has 0 saturated heterocycles. The van der Waals surface area contributed by atoms with Gasteiger partial charge in [-0.25, -0.2) is 4.79 Å². The third kappa shape index (κ3) is 3.54. The molecular weight excluding hydrogens is 300 g/mol. The lowest BCUT2D eigenvalue weighted by molar-refractivity contribution is 0.0172. The topological polar surface area (TPSA) is 66.8 Å². The van der Waals surface area contributed by atoms with Crippen molar-refractivity contribution in [3.63, 3.8) is 0 Å². The molecule has 1 rings (SSSR count). The Kier molecular flexibility index (Phi) is 5.78. The van der Waals surface area contributed by atoms with E-state index >= 15 is 0 Å². The highest BCUT2D eigenvalue weighted by molar-refractivity contribution is 9.09. The minimum Gasteiger partial charge on any atom is -0.465 e. The molecule has 100 valence electrons. The SMILES string of the molecule is COC(=O)c1cc(C(O)C(O)CCBr)ccc1C. The average molecular weight is 317 g/mol. The predicted molar refractivity (Wildman–Crippen MR) is 71.9 cm³/mol. The Balaban J connectivity index is 3.00. The van der Waals surface area contributed by atoms with Crippen LogP contribution in [0.4, 0.5) is 0 Å². The van der Waals surface area contributed by atoms with Crippen molar-refractivity contribution in [2.45, 2.75) is 25.6 Å². The molecule has 5 heteroatoms. The second kappa shape index (κ2) is 6.87. The van der Waals surface area contributed by atoms with Gasteiger partial charge in [-0.3, -0.25) is 0 Å². The van der Waals surface area contributed by atoms with Crippen molar-refractivity contribution in [3.8, 4) is 0 Å². The van der Waals surface area contributed by atoms with Gasteiger partial charge in [0, 0.05) is 5.33 Å². The summed E-state index contributed by atoms with van der Waals surface area (Å²) in [7, 11) is 1.31. The average Bonchev–Trinajstić information content (AvgIpc) is 2.38. The smallest absolute Gasteiger partial charge is 0.338 e. The Morgan fingerprint density at radius 3 is 2.67 bits per heavy atom. The van der Waals surface area contributed by atoms with Gasteiger partial charge in [0.1, 0.15) is 6.10 Å². The minimum atomic E-state index is -1.01. The maximum Gasteiger partial charge on any atom is 0.338 e. The van der Waals surface area contributed by atoms with Gasteiger partial charge in [0.2, 0.25) is 0 Å². The summed E-state index contributed by atoms with van der Waals surface area (Å²) in [5, 5.41) is 20.3. The fraction of sp³-hybridized carbons (Fsp3) is 0.462. The van der Waals surface area contributed by atoms with Gasteiger partial charge in [-0.1, -0.05) is 28.1 Å². The van der Waals surface area contributed by atoms with Gasteiger partial charge in [-0.15, -0.1) is 0 Å². The maximum absolute atomic E-state index is 11.5. The number of rotatable bonds is 5. The Morgan fingerprint density at radius 1 is 1.44 bits per heavy atom. The van der Waals surface area contributed by atoms with Gasteiger partial charge in [-0.05, 0) is 30.5 Å². The number of aryl methyl sites for hydroxylation is 1. The summed E-state index contributed by atoms with van der Waals surface area (Å²) in [6, 6.07) is 4.98. The number of aliphatic hydroxyl groups excluding tert-OH is 2. The number of methoxy groups -OCH3 is 1. The molecule has 4 nitrogen and oxygen atoms in total. The number of hydrogen-bond acceptors (Lipinski definition) is 4. The lowest BCUT2D eigenvalue weighted by Crippen LogP contribution is -2.19. The summed E-state index contributed by atoms with van der Waals surface area (Å²) in [6.07, 6.45) is -1.44. The van der Waals surface area contributed by atoms with Gasteiger partial charge < -0.3 is 14.9 Å². The lowest BCUT2D eigenvalue weighted by Gasteiger charge is -2.18. The van der Waals surface area contributed by atoms with E-state index in [1.54, 1.807) is 25.1 Å². The van der Waals surface area contributed by atoms with E-state index in [9.17, 15) is 15.0 Å². The molecule has 0 aliphatic carbocycles. The summed E-state index contributed by atoms with van der Waals surface area (Å²) >= 11 is 3.21. The molecule has 2 atom stereocenters. The van der Waals surface area contributed by atoms with Crippen LogP contribution >= 0.6 is 15.9 Å². The van der Waals surface area contributed by atoms with E-state index in [0.29, 0.717) is 22.9 Å². The summed E-state index contributed by atoms with van der Waals surface area (Å²) in [6.45, 7) is 1.79. The van der Waals surface area contributed by atoms with Crippen molar-refractivity contribution < 1.29 is 19.7 Å². The predicted octanol–water partition coefficient (Wildman–Crippen LogP) is 1.96. The molecule has 0 aromatic heterocycles. The first-order valence-corrected chi connectivity index (χ1v) is 6.74. The van der Waals surface area contributed by atoms with Crippen molar-refractivity contribution in [3.05, 3.63) is 34.9 Å². The van der Waals surface area contributed by atoms with Gasteiger partial charge in [-0.2, -0.15) is 0 Å². The van der Waals surface area contributed by atoms with Gasteiger partial charge >= 0.3 is 5.97 Å². The molecule has 1 aromatic rings. The van der Waals surface area contributed by atoms with Crippen LogP contribution in [0, 0.1) is 6.92 Å². The number of alkyl halides is 1. The lowest BCUT2D eigenvalue weighted by atomic mass is 9.98. The molecule has 18 heavy (non-hydrogen) atoms. The van der Waals surface area contributed by atoms with Crippen LogP contribution in [0.3, 0.4) is 0 Å². The van der Waals surface area contributed by atoms with E-state index in [0.717, 1.165) is 5.56 Å². The first-order chi connectivity index (χ1) is 8.51. The zero-order chi connectivity index (χ0) is 13.7. The van der Waals surface area contributed by atoms with Crippen molar-refractivity contribution >= 4 is 21.9 Å². The van der Waals surface area contributed by atoms with Crippen LogP contribution in [0.1, 0.15) is 34.0 Å². The van der Waals surface area contributed by atoms with E-state index in [2.05, 4.69) is 20.7 Å². The molecule has 0 fully saturated rings. The van der Waals surface area contributed by atoms with E-state index in [1.165, 1.54) is 7.11 Å². The van der Waals surface area contributed by atoms with Gasteiger partial charge in [0.05, 0.1) is 18.8 Å². The zero-order valence-corrected chi connectivity index (χ0v) is 12.0. The molecule has 2 N–H and O–H groups in total. The van der Waals surface area contributed by atoms with Crippen LogP contribution in [0.25, 0.3) is 0 Å². The number of benzene rings is 1.